The SMILES string of the molecule is CCC(N)CC(C)C(C)=O. The predicted molar refractivity (Wildman–Crippen MR) is 42.7 cm³/mol. The summed E-state index contributed by atoms with van der Waals surface area (Å²) >= 11 is 0. The fourth-order valence-electron chi connectivity index (χ4n) is 0.787. The molecular weight excluding hydrogens is 126 g/mol. The Kier molecular flexibility index (Phi) is 4.28. The molecule has 0 fully saturated rings. The minimum Gasteiger partial charge on any atom is -0.328 e. The predicted octanol–water partition coefficient (Wildman–Crippen LogP) is 1.34. The van der Waals surface area contributed by atoms with E-state index in [-0.39, 0.29) is 17.7 Å². The average Bonchev–Trinajstić information content (AvgIpc) is 1.87. The van der Waals surface area contributed by atoms with Crippen LogP contribution in [0.25, 0.3) is 0 Å². The summed E-state index contributed by atoms with van der Waals surface area (Å²) in [5, 5.41) is 0. The third-order valence-electron chi connectivity index (χ3n) is 1.87. The molecule has 2 unspecified atom stereocenters. The molecule has 60 valence electrons. The molecule has 0 aromatic heterocycles. The molecule has 0 radical (unpaired) electrons. The van der Waals surface area contributed by atoms with Crippen molar-refractivity contribution in [3.8, 4) is 0 Å². The molecular formula is C8H17NO. The molecule has 0 heterocycles. The van der Waals surface area contributed by atoms with E-state index in [9.17, 15) is 4.79 Å². The monoisotopic (exact) mass is 143 g/mol. The van der Waals surface area contributed by atoms with E-state index in [2.05, 4.69) is 0 Å². The summed E-state index contributed by atoms with van der Waals surface area (Å²) in [7, 11) is 0. The summed E-state index contributed by atoms with van der Waals surface area (Å²) < 4.78 is 0. The van der Waals surface area contributed by atoms with Crippen LogP contribution in [0, 0.1) is 5.92 Å². The van der Waals surface area contributed by atoms with Crippen molar-refractivity contribution >= 4 is 5.78 Å². The van der Waals surface area contributed by atoms with E-state index >= 15 is 0 Å². The van der Waals surface area contributed by atoms with Gasteiger partial charge in [-0.1, -0.05) is 13.8 Å². The van der Waals surface area contributed by atoms with Gasteiger partial charge in [-0.3, -0.25) is 4.79 Å². The van der Waals surface area contributed by atoms with Gasteiger partial charge in [-0.05, 0) is 19.8 Å². The first-order valence-corrected chi connectivity index (χ1v) is 3.84. The van der Waals surface area contributed by atoms with Crippen molar-refractivity contribution in [3.05, 3.63) is 0 Å². The lowest BCUT2D eigenvalue weighted by Crippen LogP contribution is -2.24. The van der Waals surface area contributed by atoms with Crippen LogP contribution in [0.5, 0.6) is 0 Å². The zero-order chi connectivity index (χ0) is 8.15. The van der Waals surface area contributed by atoms with Gasteiger partial charge in [-0.2, -0.15) is 0 Å². The molecule has 2 heteroatoms. The highest BCUT2D eigenvalue weighted by molar-refractivity contribution is 5.77. The van der Waals surface area contributed by atoms with Crippen LogP contribution in [-0.2, 0) is 4.79 Å². The first kappa shape index (κ1) is 9.63. The Labute approximate surface area is 62.8 Å². The summed E-state index contributed by atoms with van der Waals surface area (Å²) in [5.74, 6) is 0.374. The number of hydrogen-bond donors (Lipinski definition) is 1. The quantitative estimate of drug-likeness (QED) is 0.645. The van der Waals surface area contributed by atoms with Crippen LogP contribution in [0.3, 0.4) is 0 Å². The molecule has 0 amide bonds. The zero-order valence-corrected chi connectivity index (χ0v) is 7.05. The topological polar surface area (TPSA) is 43.1 Å². The number of hydrogen-bond acceptors (Lipinski definition) is 2. The van der Waals surface area contributed by atoms with Crippen LogP contribution in [0.15, 0.2) is 0 Å². The van der Waals surface area contributed by atoms with Gasteiger partial charge < -0.3 is 5.73 Å². The molecule has 0 saturated carbocycles. The summed E-state index contributed by atoms with van der Waals surface area (Å²) in [4.78, 5) is 10.7. The molecule has 2 N–H and O–H groups in total. The average molecular weight is 143 g/mol. The van der Waals surface area contributed by atoms with Gasteiger partial charge in [0.15, 0.2) is 0 Å². The van der Waals surface area contributed by atoms with Crippen molar-refractivity contribution in [2.45, 2.75) is 39.7 Å². The maximum absolute atomic E-state index is 10.7. The van der Waals surface area contributed by atoms with Crippen LogP contribution in [-0.4, -0.2) is 11.8 Å². The summed E-state index contributed by atoms with van der Waals surface area (Å²) in [6.45, 7) is 5.59. The van der Waals surface area contributed by atoms with E-state index in [1.165, 1.54) is 0 Å². The number of carbonyl (C=O) groups excluding carboxylic acids is 1. The van der Waals surface area contributed by atoms with Gasteiger partial charge >= 0.3 is 0 Å². The van der Waals surface area contributed by atoms with Gasteiger partial charge in [0, 0.05) is 12.0 Å². The highest BCUT2D eigenvalue weighted by atomic mass is 16.1. The second kappa shape index (κ2) is 4.45. The second-order valence-electron chi connectivity index (χ2n) is 2.92. The lowest BCUT2D eigenvalue weighted by Gasteiger charge is -2.12. The fraction of sp³-hybridized carbons (Fsp3) is 0.875. The number of Topliss-reactive ketones (excluding diaryl/α,β-unsaturated/α-hetero) is 1. The number of rotatable bonds is 4. The first-order chi connectivity index (χ1) is 4.57. The Balaban J connectivity index is 3.56. The number of nitrogens with two attached hydrogens (primary N) is 1. The van der Waals surface area contributed by atoms with E-state index in [1.54, 1.807) is 6.92 Å². The molecule has 0 spiro atoms. The van der Waals surface area contributed by atoms with E-state index in [0.29, 0.717) is 0 Å². The Morgan fingerprint density at radius 3 is 2.40 bits per heavy atom. The Morgan fingerprint density at radius 1 is 1.60 bits per heavy atom. The van der Waals surface area contributed by atoms with Crippen LogP contribution in [0.4, 0.5) is 0 Å². The summed E-state index contributed by atoms with van der Waals surface area (Å²) in [5.41, 5.74) is 5.66. The van der Waals surface area contributed by atoms with Crippen molar-refractivity contribution < 1.29 is 4.79 Å². The molecule has 0 aromatic rings. The zero-order valence-electron chi connectivity index (χ0n) is 7.05. The van der Waals surface area contributed by atoms with Crippen molar-refractivity contribution in [2.24, 2.45) is 11.7 Å². The molecule has 0 saturated heterocycles. The van der Waals surface area contributed by atoms with Crippen LogP contribution >= 0.6 is 0 Å². The molecule has 0 rings (SSSR count). The maximum atomic E-state index is 10.7. The smallest absolute Gasteiger partial charge is 0.132 e. The number of ketones is 1. The maximum Gasteiger partial charge on any atom is 0.132 e. The van der Waals surface area contributed by atoms with Gasteiger partial charge in [0.25, 0.3) is 0 Å². The van der Waals surface area contributed by atoms with E-state index in [1.807, 2.05) is 13.8 Å². The highest BCUT2D eigenvalue weighted by Gasteiger charge is 2.10. The lowest BCUT2D eigenvalue weighted by molar-refractivity contribution is -0.120. The first-order valence-electron chi connectivity index (χ1n) is 3.84. The minimum absolute atomic E-state index is 0.134. The van der Waals surface area contributed by atoms with Crippen LogP contribution in [0.1, 0.15) is 33.6 Å². The van der Waals surface area contributed by atoms with Crippen molar-refractivity contribution in [3.63, 3.8) is 0 Å². The molecule has 0 bridgehead atoms. The van der Waals surface area contributed by atoms with Crippen LogP contribution in [0.2, 0.25) is 0 Å². The fourth-order valence-corrected chi connectivity index (χ4v) is 0.787. The largest absolute Gasteiger partial charge is 0.328 e. The van der Waals surface area contributed by atoms with Crippen molar-refractivity contribution in [2.75, 3.05) is 0 Å². The number of carbonyl (C=O) groups is 1. The minimum atomic E-state index is 0.134. The molecule has 2 nitrogen and oxygen atoms in total. The molecule has 0 aliphatic rings. The standard InChI is InChI=1S/C8H17NO/c1-4-8(9)5-6(2)7(3)10/h6,8H,4-5,9H2,1-3H3. The normalized spacial score (nSPS) is 16.4. The third kappa shape index (κ3) is 3.62. The van der Waals surface area contributed by atoms with Gasteiger partial charge in [0.05, 0.1) is 0 Å². The Morgan fingerprint density at radius 2 is 2.10 bits per heavy atom. The molecule has 0 aromatic carbocycles. The highest BCUT2D eigenvalue weighted by Crippen LogP contribution is 2.07. The van der Waals surface area contributed by atoms with E-state index in [4.69, 9.17) is 5.73 Å². The lowest BCUT2D eigenvalue weighted by atomic mass is 9.98. The van der Waals surface area contributed by atoms with Gasteiger partial charge in [-0.25, -0.2) is 0 Å². The molecule has 10 heavy (non-hydrogen) atoms. The molecule has 0 aliphatic heterocycles. The van der Waals surface area contributed by atoms with E-state index in [0.717, 1.165) is 12.8 Å². The van der Waals surface area contributed by atoms with Crippen molar-refractivity contribution in [1.29, 1.82) is 0 Å². The summed E-state index contributed by atoms with van der Waals surface area (Å²) in [6.07, 6.45) is 1.78. The second-order valence-corrected chi connectivity index (χ2v) is 2.92. The third-order valence-corrected chi connectivity index (χ3v) is 1.87. The molecule has 2 atom stereocenters. The van der Waals surface area contributed by atoms with Gasteiger partial charge in [0.2, 0.25) is 0 Å². The molecule has 0 aliphatic carbocycles. The van der Waals surface area contributed by atoms with Crippen molar-refractivity contribution in [1.82, 2.24) is 0 Å². The van der Waals surface area contributed by atoms with Gasteiger partial charge in [-0.15, -0.1) is 0 Å². The van der Waals surface area contributed by atoms with Gasteiger partial charge in [0.1, 0.15) is 5.78 Å². The van der Waals surface area contributed by atoms with E-state index < -0.39 is 0 Å². The summed E-state index contributed by atoms with van der Waals surface area (Å²) in [6, 6.07) is 0.193. The Hall–Kier alpha value is -0.370. The Bertz CT molecular complexity index is 112. The van der Waals surface area contributed by atoms with Crippen LogP contribution < -0.4 is 5.73 Å².